The van der Waals surface area contributed by atoms with Gasteiger partial charge < -0.3 is 54.7 Å². The van der Waals surface area contributed by atoms with Gasteiger partial charge in [-0.25, -0.2) is 0 Å². The molecule has 0 aliphatic carbocycles. The molecule has 2 heterocycles. The van der Waals surface area contributed by atoms with Crippen molar-refractivity contribution in [3.63, 3.8) is 0 Å². The lowest BCUT2D eigenvalue weighted by Crippen LogP contribution is -2.61. The summed E-state index contributed by atoms with van der Waals surface area (Å²) in [5, 5.41) is 69.3. The molecule has 0 bridgehead atoms. The van der Waals surface area contributed by atoms with E-state index in [1.54, 1.807) is 20.8 Å². The lowest BCUT2D eigenvalue weighted by atomic mass is 9.90. The average Bonchev–Trinajstić information content (AvgIpc) is 2.64. The van der Waals surface area contributed by atoms with Crippen LogP contribution in [0.4, 0.5) is 0 Å². The predicted molar refractivity (Wildman–Crippen MR) is 91.9 cm³/mol. The Morgan fingerprint density at radius 2 is 1.25 bits per heavy atom. The van der Waals surface area contributed by atoms with Crippen molar-refractivity contribution in [2.24, 2.45) is 0 Å². The first kappa shape index (κ1) is 23.8. The number of aliphatic hydroxyl groups excluding tert-OH is 7. The summed E-state index contributed by atoms with van der Waals surface area (Å²) >= 11 is 0. The van der Waals surface area contributed by atoms with E-state index in [1.807, 2.05) is 0 Å². The van der Waals surface area contributed by atoms with Gasteiger partial charge in [0, 0.05) is 13.0 Å². The van der Waals surface area contributed by atoms with E-state index in [1.165, 1.54) is 0 Å². The highest BCUT2D eigenvalue weighted by Crippen LogP contribution is 2.32. The number of hydrogen-bond donors (Lipinski definition) is 7. The van der Waals surface area contributed by atoms with Crippen molar-refractivity contribution in [1.29, 1.82) is 0 Å². The second-order valence-corrected chi connectivity index (χ2v) is 7.75. The van der Waals surface area contributed by atoms with Crippen molar-refractivity contribution >= 4 is 0 Å². The predicted octanol–water partition coefficient (Wildman–Crippen LogP) is -3.18. The molecule has 166 valence electrons. The maximum atomic E-state index is 10.2. The summed E-state index contributed by atoms with van der Waals surface area (Å²) in [6.45, 7) is 4.54. The molecule has 0 radical (unpaired) electrons. The van der Waals surface area contributed by atoms with E-state index in [-0.39, 0.29) is 13.0 Å². The van der Waals surface area contributed by atoms with Crippen LogP contribution in [0, 0.1) is 0 Å². The van der Waals surface area contributed by atoms with Gasteiger partial charge in [0.25, 0.3) is 0 Å². The van der Waals surface area contributed by atoms with Crippen molar-refractivity contribution in [3.05, 3.63) is 0 Å². The lowest BCUT2D eigenvalue weighted by Gasteiger charge is -2.45. The van der Waals surface area contributed by atoms with Crippen LogP contribution in [0.2, 0.25) is 0 Å². The number of ether oxygens (including phenoxy) is 4. The van der Waals surface area contributed by atoms with Crippen molar-refractivity contribution in [3.8, 4) is 0 Å². The Morgan fingerprint density at radius 1 is 0.750 bits per heavy atom. The summed E-state index contributed by atoms with van der Waals surface area (Å²) in [6.07, 6.45) is -13.5. The quantitative estimate of drug-likeness (QED) is 0.224. The second kappa shape index (κ2) is 9.58. The summed E-state index contributed by atoms with van der Waals surface area (Å²) in [4.78, 5) is 0. The Morgan fingerprint density at radius 3 is 1.79 bits per heavy atom. The summed E-state index contributed by atoms with van der Waals surface area (Å²) in [5.74, 6) is 0. The van der Waals surface area contributed by atoms with Gasteiger partial charge in [0.05, 0.1) is 18.3 Å². The molecule has 2 fully saturated rings. The van der Waals surface area contributed by atoms with E-state index in [0.717, 1.165) is 0 Å². The van der Waals surface area contributed by atoms with Gasteiger partial charge in [-0.3, -0.25) is 0 Å². The third-order valence-electron chi connectivity index (χ3n) is 4.98. The zero-order valence-corrected chi connectivity index (χ0v) is 16.2. The molecule has 2 aliphatic heterocycles. The molecule has 0 spiro atoms. The van der Waals surface area contributed by atoms with Crippen molar-refractivity contribution < 1.29 is 54.7 Å². The summed E-state index contributed by atoms with van der Waals surface area (Å²) in [7, 11) is 0. The van der Waals surface area contributed by atoms with Crippen LogP contribution < -0.4 is 0 Å². The number of aliphatic hydroxyl groups is 7. The van der Waals surface area contributed by atoms with Crippen LogP contribution in [0.25, 0.3) is 0 Å². The molecule has 0 aromatic rings. The van der Waals surface area contributed by atoms with Gasteiger partial charge in [0.15, 0.2) is 12.6 Å². The zero-order valence-electron chi connectivity index (χ0n) is 16.2. The van der Waals surface area contributed by atoms with E-state index >= 15 is 0 Å². The van der Waals surface area contributed by atoms with Crippen LogP contribution in [-0.4, -0.2) is 116 Å². The molecular formula is C17H32O11. The van der Waals surface area contributed by atoms with E-state index in [9.17, 15) is 35.7 Å². The minimum absolute atomic E-state index is 0.0105. The second-order valence-electron chi connectivity index (χ2n) is 7.75. The summed E-state index contributed by atoms with van der Waals surface area (Å²) < 4.78 is 21.9. The van der Waals surface area contributed by atoms with Gasteiger partial charge in [0.2, 0.25) is 0 Å². The number of hydrogen-bond acceptors (Lipinski definition) is 11. The molecule has 0 aromatic carbocycles. The minimum Gasteiger partial charge on any atom is -0.394 e. The molecule has 0 amide bonds. The molecule has 0 unspecified atom stereocenters. The summed E-state index contributed by atoms with van der Waals surface area (Å²) in [5.41, 5.74) is -1.10. The highest BCUT2D eigenvalue weighted by Gasteiger charge is 2.49. The topological polar surface area (TPSA) is 179 Å². The Balaban J connectivity index is 2.05. The normalized spacial score (nSPS) is 45.2. The van der Waals surface area contributed by atoms with Crippen LogP contribution in [0.15, 0.2) is 0 Å². The van der Waals surface area contributed by atoms with E-state index in [0.29, 0.717) is 0 Å². The Kier molecular flexibility index (Phi) is 8.15. The zero-order chi connectivity index (χ0) is 21.2. The molecule has 0 aromatic heterocycles. The fourth-order valence-electron chi connectivity index (χ4n) is 3.40. The fourth-order valence-corrected chi connectivity index (χ4v) is 3.40. The molecule has 7 N–H and O–H groups in total. The molecule has 2 rings (SSSR count). The van der Waals surface area contributed by atoms with Crippen LogP contribution in [0.3, 0.4) is 0 Å². The van der Waals surface area contributed by atoms with Crippen molar-refractivity contribution in [1.82, 2.24) is 0 Å². The first-order valence-corrected chi connectivity index (χ1v) is 9.32. The molecule has 0 saturated carbocycles. The lowest BCUT2D eigenvalue weighted by molar-refractivity contribution is -0.334. The fraction of sp³-hybridized carbons (Fsp3) is 1.00. The molecule has 10 atom stereocenters. The maximum Gasteiger partial charge on any atom is 0.187 e. The van der Waals surface area contributed by atoms with Gasteiger partial charge in [-0.1, -0.05) is 0 Å². The minimum atomic E-state index is -1.58. The van der Waals surface area contributed by atoms with Crippen molar-refractivity contribution in [2.75, 3.05) is 13.2 Å². The highest BCUT2D eigenvalue weighted by molar-refractivity contribution is 4.94. The molecule has 11 nitrogen and oxygen atoms in total. The smallest absolute Gasteiger partial charge is 0.187 e. The average molecular weight is 412 g/mol. The first-order valence-electron chi connectivity index (χ1n) is 9.32. The third-order valence-corrected chi connectivity index (χ3v) is 4.98. The SMILES string of the molecule is CCO[C@@H]1O[C@H](CC(C)(C)O[C@@H]2O[C@H](CO)[C@@H](O)[C@H](O)[C@H]2O)[C@@H](O)[C@H](O)[C@H]1O. The molecule has 11 heteroatoms. The number of rotatable bonds is 7. The van der Waals surface area contributed by atoms with Gasteiger partial charge in [-0.15, -0.1) is 0 Å². The van der Waals surface area contributed by atoms with Gasteiger partial charge >= 0.3 is 0 Å². The Labute approximate surface area is 163 Å². The molecular weight excluding hydrogens is 380 g/mol. The van der Waals surface area contributed by atoms with E-state index in [2.05, 4.69) is 0 Å². The third kappa shape index (κ3) is 5.18. The standard InChI is InChI=1S/C17H32O11/c1-4-25-15-13(23)11(21)9(19)7(26-15)5-17(2,3)28-16-14(24)12(22)10(20)8(6-18)27-16/h7-16,18-24H,4-6H2,1-3H3/t7-,8-,9-,10-,11+,12+,13-,14-,15-,16+/m1/s1. The first-order chi connectivity index (χ1) is 13.0. The maximum absolute atomic E-state index is 10.2. The van der Waals surface area contributed by atoms with Gasteiger partial charge in [-0.05, 0) is 20.8 Å². The molecule has 2 saturated heterocycles. The van der Waals surface area contributed by atoms with Gasteiger partial charge in [-0.2, -0.15) is 0 Å². The monoisotopic (exact) mass is 412 g/mol. The van der Waals surface area contributed by atoms with E-state index in [4.69, 9.17) is 18.9 Å². The van der Waals surface area contributed by atoms with Crippen LogP contribution in [0.1, 0.15) is 27.2 Å². The Bertz CT molecular complexity index is 488. The molecule has 2 aliphatic rings. The van der Waals surface area contributed by atoms with Crippen LogP contribution in [-0.2, 0) is 18.9 Å². The largest absolute Gasteiger partial charge is 0.394 e. The highest BCUT2D eigenvalue weighted by atomic mass is 16.7. The molecule has 28 heavy (non-hydrogen) atoms. The van der Waals surface area contributed by atoms with Crippen LogP contribution in [0.5, 0.6) is 0 Å². The Hall–Kier alpha value is -0.440. The van der Waals surface area contributed by atoms with E-state index < -0.39 is 73.6 Å². The van der Waals surface area contributed by atoms with Crippen LogP contribution >= 0.6 is 0 Å². The van der Waals surface area contributed by atoms with Crippen molar-refractivity contribution in [2.45, 2.75) is 94.2 Å². The van der Waals surface area contributed by atoms with Gasteiger partial charge in [0.1, 0.15) is 42.7 Å². The summed E-state index contributed by atoms with van der Waals surface area (Å²) in [6, 6.07) is 0.